The second kappa shape index (κ2) is 12.6. The maximum atomic E-state index is 12.8. The standard InChI is InChI=1S/C23H28F2N4O3.HI/c1-15-8-9-19(32-22(24)25)16(12-15)13-26-23(27-14-21(30)29(2)3)28-18-10-11-31-20-7-5-4-6-17(18)20;/h4-9,12,18,22H,10-11,13-14H2,1-3H3,(H2,26,27,28);1H. The lowest BCUT2D eigenvalue weighted by atomic mass is 10.0. The molecule has 7 nitrogen and oxygen atoms in total. The summed E-state index contributed by atoms with van der Waals surface area (Å²) in [5, 5.41) is 6.39. The second-order valence-corrected chi connectivity index (χ2v) is 7.67. The van der Waals surface area contributed by atoms with E-state index >= 15 is 0 Å². The largest absolute Gasteiger partial charge is 0.493 e. The molecule has 1 amide bonds. The number of rotatable bonds is 7. The molecular weight excluding hydrogens is 545 g/mol. The number of ether oxygens (including phenoxy) is 2. The topological polar surface area (TPSA) is 75.2 Å². The molecule has 2 N–H and O–H groups in total. The lowest BCUT2D eigenvalue weighted by molar-refractivity contribution is -0.127. The van der Waals surface area contributed by atoms with E-state index in [0.717, 1.165) is 16.9 Å². The first-order valence-electron chi connectivity index (χ1n) is 10.3. The number of halogens is 3. The molecule has 0 saturated carbocycles. The zero-order valence-electron chi connectivity index (χ0n) is 18.8. The molecule has 0 spiro atoms. The molecule has 0 fully saturated rings. The van der Waals surface area contributed by atoms with E-state index in [9.17, 15) is 13.6 Å². The molecule has 1 aliphatic heterocycles. The number of nitrogens with zero attached hydrogens (tertiary/aromatic N) is 2. The van der Waals surface area contributed by atoms with Gasteiger partial charge in [-0.1, -0.05) is 35.9 Å². The van der Waals surface area contributed by atoms with Crippen molar-refractivity contribution in [2.45, 2.75) is 32.5 Å². The van der Waals surface area contributed by atoms with Gasteiger partial charge in [-0.3, -0.25) is 4.79 Å². The normalized spacial score (nSPS) is 15.1. The number of guanidine groups is 1. The number of aryl methyl sites for hydroxylation is 1. The third-order valence-corrected chi connectivity index (χ3v) is 5.01. The van der Waals surface area contributed by atoms with Crippen LogP contribution in [-0.4, -0.2) is 50.6 Å². The molecule has 0 saturated heterocycles. The van der Waals surface area contributed by atoms with Crippen LogP contribution in [0.2, 0.25) is 0 Å². The third-order valence-electron chi connectivity index (χ3n) is 5.01. The number of benzene rings is 2. The van der Waals surface area contributed by atoms with Crippen LogP contribution >= 0.6 is 24.0 Å². The predicted molar refractivity (Wildman–Crippen MR) is 133 cm³/mol. The van der Waals surface area contributed by atoms with Crippen LogP contribution in [0.15, 0.2) is 47.5 Å². The van der Waals surface area contributed by atoms with E-state index in [4.69, 9.17) is 4.74 Å². The maximum Gasteiger partial charge on any atom is 0.387 e. The van der Waals surface area contributed by atoms with Crippen molar-refractivity contribution in [3.05, 3.63) is 59.2 Å². The molecule has 180 valence electrons. The van der Waals surface area contributed by atoms with E-state index in [1.807, 2.05) is 31.2 Å². The first-order chi connectivity index (χ1) is 15.3. The van der Waals surface area contributed by atoms with E-state index in [-0.39, 0.29) is 54.8 Å². The molecule has 0 bridgehead atoms. The molecule has 2 aromatic carbocycles. The molecule has 10 heteroatoms. The van der Waals surface area contributed by atoms with E-state index in [0.29, 0.717) is 24.6 Å². The average molecular weight is 574 g/mol. The highest BCUT2D eigenvalue weighted by molar-refractivity contribution is 14.0. The van der Waals surface area contributed by atoms with Crippen LogP contribution in [-0.2, 0) is 11.3 Å². The number of hydrogen-bond acceptors (Lipinski definition) is 4. The number of fused-ring (bicyclic) bond motifs is 1. The number of likely N-dealkylation sites (N-methyl/N-ethyl adjacent to an activating group) is 1. The second-order valence-electron chi connectivity index (χ2n) is 7.67. The Morgan fingerprint density at radius 2 is 2.03 bits per heavy atom. The van der Waals surface area contributed by atoms with Gasteiger partial charge in [-0.25, -0.2) is 4.99 Å². The molecule has 1 atom stereocenters. The Hall–Kier alpha value is -2.63. The Balaban J connectivity index is 0.00000385. The summed E-state index contributed by atoms with van der Waals surface area (Å²) >= 11 is 0. The molecule has 1 unspecified atom stereocenters. The number of aliphatic imine (C=N–C) groups is 1. The van der Waals surface area contributed by atoms with Gasteiger partial charge < -0.3 is 25.0 Å². The van der Waals surface area contributed by atoms with Gasteiger partial charge in [0.2, 0.25) is 5.91 Å². The molecule has 0 radical (unpaired) electrons. The van der Waals surface area contributed by atoms with Gasteiger partial charge in [0, 0.05) is 31.6 Å². The lowest BCUT2D eigenvalue weighted by Crippen LogP contribution is -2.45. The van der Waals surface area contributed by atoms with Crippen molar-refractivity contribution in [1.29, 1.82) is 0 Å². The minimum atomic E-state index is -2.92. The number of carbonyl (C=O) groups is 1. The predicted octanol–water partition coefficient (Wildman–Crippen LogP) is 3.86. The summed E-state index contributed by atoms with van der Waals surface area (Å²) in [5.41, 5.74) is 2.42. The Kier molecular flexibility index (Phi) is 10.1. The van der Waals surface area contributed by atoms with Crippen LogP contribution in [0.1, 0.15) is 29.2 Å². The minimum absolute atomic E-state index is 0. The summed E-state index contributed by atoms with van der Waals surface area (Å²) < 4.78 is 35.9. The number of para-hydroxylation sites is 1. The molecule has 2 aromatic rings. The zero-order valence-corrected chi connectivity index (χ0v) is 21.1. The van der Waals surface area contributed by atoms with Crippen molar-refractivity contribution < 1.29 is 23.0 Å². The molecule has 1 aliphatic rings. The Bertz CT molecular complexity index is 972. The molecule has 33 heavy (non-hydrogen) atoms. The summed E-state index contributed by atoms with van der Waals surface area (Å²) in [6, 6.07) is 12.6. The van der Waals surface area contributed by atoms with Crippen molar-refractivity contribution in [2.24, 2.45) is 4.99 Å². The van der Waals surface area contributed by atoms with Gasteiger partial charge >= 0.3 is 6.61 Å². The van der Waals surface area contributed by atoms with Crippen LogP contribution in [0.4, 0.5) is 8.78 Å². The number of hydrogen-bond donors (Lipinski definition) is 2. The lowest BCUT2D eigenvalue weighted by Gasteiger charge is -2.28. The van der Waals surface area contributed by atoms with E-state index in [1.54, 1.807) is 26.2 Å². The van der Waals surface area contributed by atoms with Gasteiger partial charge in [0.15, 0.2) is 5.96 Å². The molecule has 0 aromatic heterocycles. The van der Waals surface area contributed by atoms with Crippen LogP contribution in [0, 0.1) is 6.92 Å². The highest BCUT2D eigenvalue weighted by atomic mass is 127. The molecule has 3 rings (SSSR count). The number of alkyl halides is 2. The van der Waals surface area contributed by atoms with Gasteiger partial charge in [0.1, 0.15) is 11.5 Å². The molecule has 0 aliphatic carbocycles. The van der Waals surface area contributed by atoms with Gasteiger partial charge in [0.05, 0.1) is 25.7 Å². The Labute approximate surface area is 209 Å². The summed E-state index contributed by atoms with van der Waals surface area (Å²) in [7, 11) is 3.34. The zero-order chi connectivity index (χ0) is 23.1. The SMILES string of the molecule is Cc1ccc(OC(F)F)c(CN=C(NCC(=O)N(C)C)NC2CCOc3ccccc32)c1.I. The summed E-state index contributed by atoms with van der Waals surface area (Å²) in [4.78, 5) is 18.1. The van der Waals surface area contributed by atoms with Gasteiger partial charge in [-0.2, -0.15) is 8.78 Å². The van der Waals surface area contributed by atoms with Crippen molar-refractivity contribution >= 4 is 35.8 Å². The number of amides is 1. The monoisotopic (exact) mass is 574 g/mol. The number of carbonyl (C=O) groups excluding carboxylic acids is 1. The summed E-state index contributed by atoms with van der Waals surface area (Å²) in [6.45, 7) is -0.376. The Morgan fingerprint density at radius 3 is 2.76 bits per heavy atom. The maximum absolute atomic E-state index is 12.8. The van der Waals surface area contributed by atoms with Gasteiger partial charge in [0.25, 0.3) is 0 Å². The first-order valence-corrected chi connectivity index (χ1v) is 10.3. The fourth-order valence-corrected chi connectivity index (χ4v) is 3.33. The van der Waals surface area contributed by atoms with Gasteiger partial charge in [-0.15, -0.1) is 24.0 Å². The van der Waals surface area contributed by atoms with E-state index in [1.165, 1.54) is 11.0 Å². The smallest absolute Gasteiger partial charge is 0.387 e. The number of nitrogens with one attached hydrogen (secondary N) is 2. The van der Waals surface area contributed by atoms with Crippen LogP contribution in [0.25, 0.3) is 0 Å². The molecule has 1 heterocycles. The summed E-state index contributed by atoms with van der Waals surface area (Å²) in [5.74, 6) is 1.15. The van der Waals surface area contributed by atoms with Crippen molar-refractivity contribution in [1.82, 2.24) is 15.5 Å². The van der Waals surface area contributed by atoms with E-state index in [2.05, 4.69) is 20.4 Å². The molecular formula is C23H29F2IN4O3. The highest BCUT2D eigenvalue weighted by Gasteiger charge is 2.22. The van der Waals surface area contributed by atoms with Crippen LogP contribution in [0.3, 0.4) is 0 Å². The Morgan fingerprint density at radius 1 is 1.27 bits per heavy atom. The highest BCUT2D eigenvalue weighted by Crippen LogP contribution is 2.31. The fraction of sp³-hybridized carbons (Fsp3) is 0.391. The summed E-state index contributed by atoms with van der Waals surface area (Å²) in [6.07, 6.45) is 0.712. The average Bonchev–Trinajstić information content (AvgIpc) is 2.76. The van der Waals surface area contributed by atoms with Crippen molar-refractivity contribution in [3.63, 3.8) is 0 Å². The van der Waals surface area contributed by atoms with Gasteiger partial charge in [-0.05, 0) is 19.1 Å². The minimum Gasteiger partial charge on any atom is -0.493 e. The fourth-order valence-electron chi connectivity index (χ4n) is 3.33. The first kappa shape index (κ1) is 26.6. The quantitative estimate of drug-likeness (QED) is 0.299. The third kappa shape index (κ3) is 7.72. The van der Waals surface area contributed by atoms with Crippen LogP contribution in [0.5, 0.6) is 11.5 Å². The van der Waals surface area contributed by atoms with Crippen molar-refractivity contribution in [3.8, 4) is 11.5 Å². The van der Waals surface area contributed by atoms with Crippen molar-refractivity contribution in [2.75, 3.05) is 27.2 Å². The van der Waals surface area contributed by atoms with Crippen LogP contribution < -0.4 is 20.1 Å². The van der Waals surface area contributed by atoms with E-state index < -0.39 is 6.61 Å².